The third kappa shape index (κ3) is 13.3. The summed E-state index contributed by atoms with van der Waals surface area (Å²) in [6.07, 6.45) is 7.97. The fraction of sp³-hybridized carbons (Fsp3) is 0.761. The number of hydrogen-bond acceptors (Lipinski definition) is 13. The van der Waals surface area contributed by atoms with Gasteiger partial charge in [0.05, 0.1) is 17.8 Å². The van der Waals surface area contributed by atoms with E-state index in [1.807, 2.05) is 19.1 Å². The largest absolute Gasteiger partial charge is 0.497 e. The number of likely N-dealkylation sites (tertiary alicyclic amines) is 1. The summed E-state index contributed by atoms with van der Waals surface area (Å²) in [6, 6.07) is 2.57. The van der Waals surface area contributed by atoms with Crippen molar-refractivity contribution in [2.24, 2.45) is 40.2 Å². The van der Waals surface area contributed by atoms with Crippen molar-refractivity contribution in [1.82, 2.24) is 31.5 Å². The second-order valence-corrected chi connectivity index (χ2v) is 19.7. The molecule has 2 saturated heterocycles. The first-order valence-corrected chi connectivity index (χ1v) is 24.2. The van der Waals surface area contributed by atoms with Crippen LogP contribution in [0.5, 0.6) is 0 Å². The molecule has 0 spiro atoms. The number of carbonyl (C=O) groups excluding carboxylic acids is 5. The molecular weight excluding hydrogens is 831 g/mol. The second kappa shape index (κ2) is 23.9. The number of carbonyl (C=O) groups is 5. The van der Waals surface area contributed by atoms with Crippen LogP contribution < -0.4 is 49.5 Å². The molecule has 2 heterocycles. The molecule has 3 aliphatic carbocycles. The van der Waals surface area contributed by atoms with Crippen LogP contribution in [0.3, 0.4) is 0 Å². The van der Waals surface area contributed by atoms with Crippen LogP contribution in [-0.4, -0.2) is 128 Å². The monoisotopic (exact) mass is 911 g/mol. The average molecular weight is 911 g/mol. The minimum atomic E-state index is -1.68. The van der Waals surface area contributed by atoms with Crippen LogP contribution in [0.2, 0.25) is 0 Å². The van der Waals surface area contributed by atoms with E-state index >= 15 is 0 Å². The summed E-state index contributed by atoms with van der Waals surface area (Å²) in [5.74, 6) is -2.48. The maximum absolute atomic E-state index is 13.7. The number of benzene rings is 1. The lowest BCUT2D eigenvalue weighted by Gasteiger charge is -2.64. The van der Waals surface area contributed by atoms with Gasteiger partial charge in [-0.3, -0.25) is 24.0 Å². The molecule has 5 fully saturated rings. The third-order valence-electron chi connectivity index (χ3n) is 14.7. The van der Waals surface area contributed by atoms with E-state index < -0.39 is 78.7 Å². The van der Waals surface area contributed by atoms with Crippen molar-refractivity contribution in [2.45, 2.75) is 172 Å². The van der Waals surface area contributed by atoms with Gasteiger partial charge in [-0.2, -0.15) is 0 Å². The lowest BCUT2D eigenvalue weighted by atomic mass is 9.43. The van der Waals surface area contributed by atoms with E-state index in [0.717, 1.165) is 45.3 Å². The molecule has 10 atom stereocenters. The van der Waals surface area contributed by atoms with Gasteiger partial charge >= 0.3 is 7.12 Å². The molecule has 14 N–H and O–H groups in total. The maximum Gasteiger partial charge on any atom is 0.497 e. The quantitative estimate of drug-likeness (QED) is 0.0370. The van der Waals surface area contributed by atoms with Gasteiger partial charge in [-0.25, -0.2) is 0 Å². The summed E-state index contributed by atoms with van der Waals surface area (Å²) in [5, 5.41) is 23.5. The predicted molar refractivity (Wildman–Crippen MR) is 249 cm³/mol. The summed E-state index contributed by atoms with van der Waals surface area (Å²) in [4.78, 5) is 70.0. The van der Waals surface area contributed by atoms with E-state index in [2.05, 4.69) is 52.3 Å². The molecular formula is C46H79BN10O8. The molecule has 2 aliphatic heterocycles. The summed E-state index contributed by atoms with van der Waals surface area (Å²) in [5.41, 5.74) is 25.2. The lowest BCUT2D eigenvalue weighted by molar-refractivity contribution is -0.199. The van der Waals surface area contributed by atoms with E-state index in [1.165, 1.54) is 38.2 Å². The number of hydrogen-bond donors (Lipinski definition) is 10. The second-order valence-electron chi connectivity index (χ2n) is 19.7. The van der Waals surface area contributed by atoms with Gasteiger partial charge in [0.2, 0.25) is 17.7 Å². The number of unbranched alkanes of at least 4 members (excludes halogenated alkanes) is 5. The van der Waals surface area contributed by atoms with Crippen molar-refractivity contribution < 1.29 is 38.4 Å². The first-order chi connectivity index (χ1) is 30.9. The molecule has 19 heteroatoms. The standard InChI is InChI=1S/C46H79BN10O8/c1-6-7-8-12-23-57-24-19-30(20-25-57)29-14-16-31(17-15-29)39(59)52-34(18-22-49)40(60)54-37(28(2)58)42(62)55-38(50)43(63)53-33(13-10-9-11-21-48)41(61)56-44(51)47-64-36-27-32-26-35(45(32,3)4)46(36,5)65-47/h14-17,28,30,32-38,44,58H,6-13,18-27,48-51H2,1-5H3,(H,52,59)(H,53,63)(H,54,60)(H,55,62)(H,56,61)/t28-,32+,33+,34+,35+,36?,37+,38-,44-,46+/m1/s1. The Morgan fingerprint density at radius 2 is 1.46 bits per heavy atom. The number of piperidine rings is 1. The highest BCUT2D eigenvalue weighted by Gasteiger charge is 2.68. The molecule has 3 saturated carbocycles. The van der Waals surface area contributed by atoms with Crippen LogP contribution in [0.15, 0.2) is 24.3 Å². The van der Waals surface area contributed by atoms with Crippen molar-refractivity contribution >= 4 is 36.7 Å². The van der Waals surface area contributed by atoms with Crippen molar-refractivity contribution in [1.29, 1.82) is 0 Å². The van der Waals surface area contributed by atoms with Gasteiger partial charge < -0.3 is 68.8 Å². The van der Waals surface area contributed by atoms with Crippen LogP contribution in [0.25, 0.3) is 0 Å². The molecule has 6 rings (SSSR count). The lowest BCUT2D eigenvalue weighted by Crippen LogP contribution is -2.65. The summed E-state index contributed by atoms with van der Waals surface area (Å²) in [7, 11) is -0.890. The van der Waals surface area contributed by atoms with E-state index in [1.54, 1.807) is 12.1 Å². The predicted octanol–water partition coefficient (Wildman–Crippen LogP) is 0.832. The van der Waals surface area contributed by atoms with Crippen LogP contribution in [0.4, 0.5) is 0 Å². The Labute approximate surface area is 386 Å². The van der Waals surface area contributed by atoms with Crippen LogP contribution >= 0.6 is 0 Å². The first kappa shape index (κ1) is 52.3. The van der Waals surface area contributed by atoms with E-state index in [9.17, 15) is 29.1 Å². The van der Waals surface area contributed by atoms with Crippen molar-refractivity contribution in [3.05, 3.63) is 35.4 Å². The van der Waals surface area contributed by atoms with Crippen LogP contribution in [0.1, 0.15) is 140 Å². The number of rotatable bonds is 25. The van der Waals surface area contributed by atoms with Gasteiger partial charge in [0, 0.05) is 5.56 Å². The number of nitrogens with one attached hydrogen (secondary N) is 5. The molecule has 18 nitrogen and oxygen atoms in total. The Balaban J connectivity index is 1.12. The van der Waals surface area contributed by atoms with Crippen molar-refractivity contribution in [2.75, 3.05) is 32.7 Å². The Hall–Kier alpha value is -3.69. The van der Waals surface area contributed by atoms with E-state index in [0.29, 0.717) is 49.1 Å². The fourth-order valence-electron chi connectivity index (χ4n) is 10.4. The number of amides is 5. The Morgan fingerprint density at radius 3 is 2.09 bits per heavy atom. The summed E-state index contributed by atoms with van der Waals surface area (Å²) < 4.78 is 12.7. The number of aliphatic hydroxyl groups excluding tert-OH is 1. The average Bonchev–Trinajstić information content (AvgIpc) is 3.65. The zero-order chi connectivity index (χ0) is 47.5. The zero-order valence-corrected chi connectivity index (χ0v) is 39.4. The Kier molecular flexibility index (Phi) is 19.2. The molecule has 1 aromatic carbocycles. The summed E-state index contributed by atoms with van der Waals surface area (Å²) >= 11 is 0. The Bertz CT molecular complexity index is 1750. The number of aliphatic hydroxyl groups is 1. The Morgan fingerprint density at radius 1 is 0.800 bits per heavy atom. The molecule has 0 radical (unpaired) electrons. The van der Waals surface area contributed by atoms with Crippen molar-refractivity contribution in [3.63, 3.8) is 0 Å². The molecule has 5 amide bonds. The normalized spacial score (nSPS) is 25.4. The molecule has 0 aromatic heterocycles. The van der Waals surface area contributed by atoms with E-state index in [4.69, 9.17) is 32.2 Å². The van der Waals surface area contributed by atoms with Crippen LogP contribution in [0, 0.1) is 17.3 Å². The highest BCUT2D eigenvalue weighted by atomic mass is 16.7. The minimum Gasteiger partial charge on any atom is -0.403 e. The topological polar surface area (TPSA) is 292 Å². The molecule has 2 bridgehead atoms. The SMILES string of the molecule is CCCCCCN1CCC(c2ccc(C(=O)N[C@@H](CCN)C(=O)N[C@H](C(=O)N[C@@H](N)C(=O)N[C@@H](CCCCCN)C(=O)N[C@@H](N)B3OC4C[C@@H]5C[C@@H](C5(C)C)[C@]4(C)O3)[C@@H](C)O)cc2)CC1. The van der Waals surface area contributed by atoms with Crippen molar-refractivity contribution in [3.8, 4) is 0 Å². The van der Waals surface area contributed by atoms with Crippen LogP contribution in [-0.2, 0) is 28.5 Å². The zero-order valence-electron chi connectivity index (χ0n) is 39.4. The van der Waals surface area contributed by atoms with E-state index in [-0.39, 0.29) is 30.9 Å². The highest BCUT2D eigenvalue weighted by molar-refractivity contribution is 6.47. The van der Waals surface area contributed by atoms with Gasteiger partial charge in [0.25, 0.3) is 11.8 Å². The van der Waals surface area contributed by atoms with Gasteiger partial charge in [0.15, 0.2) is 6.17 Å². The number of nitrogens with zero attached hydrogens (tertiary/aromatic N) is 1. The van der Waals surface area contributed by atoms with Gasteiger partial charge in [0.1, 0.15) is 24.2 Å². The molecule has 364 valence electrons. The molecule has 1 aromatic rings. The number of nitrogens with two attached hydrogens (primary N) is 4. The van der Waals surface area contributed by atoms with Gasteiger partial charge in [-0.1, -0.05) is 65.0 Å². The third-order valence-corrected chi connectivity index (χ3v) is 14.7. The fourth-order valence-corrected chi connectivity index (χ4v) is 10.4. The molecule has 65 heavy (non-hydrogen) atoms. The summed E-state index contributed by atoms with van der Waals surface area (Å²) in [6.45, 7) is 13.8. The smallest absolute Gasteiger partial charge is 0.403 e. The van der Waals surface area contributed by atoms with Gasteiger partial charge in [-0.15, -0.1) is 0 Å². The first-order valence-electron chi connectivity index (χ1n) is 24.2. The maximum atomic E-state index is 13.7. The highest BCUT2D eigenvalue weighted by Crippen LogP contribution is 2.65. The van der Waals surface area contributed by atoms with Gasteiger partial charge in [-0.05, 0) is 139 Å². The minimum absolute atomic E-state index is 0.0386. The molecule has 1 unspecified atom stereocenters. The molecule has 5 aliphatic rings.